The van der Waals surface area contributed by atoms with Gasteiger partial charge in [0.2, 0.25) is 15.0 Å². The fourth-order valence-electron chi connectivity index (χ4n) is 5.63. The van der Waals surface area contributed by atoms with Crippen molar-refractivity contribution in [2.75, 3.05) is 39.4 Å². The molecule has 9 nitrogen and oxygen atoms in total. The average Bonchev–Trinajstić information content (AvgIpc) is 3.63. The van der Waals surface area contributed by atoms with Gasteiger partial charge >= 0.3 is 0 Å². The number of carbonyl (C=O) groups excluding carboxylic acids is 1. The molecule has 2 aromatic heterocycles. The van der Waals surface area contributed by atoms with E-state index in [1.54, 1.807) is 23.2 Å². The number of benzene rings is 1. The van der Waals surface area contributed by atoms with Crippen molar-refractivity contribution in [3.05, 3.63) is 71.4 Å². The van der Waals surface area contributed by atoms with Crippen molar-refractivity contribution in [3.63, 3.8) is 0 Å². The summed E-state index contributed by atoms with van der Waals surface area (Å²) in [6.45, 7) is 6.42. The van der Waals surface area contributed by atoms with Gasteiger partial charge in [0, 0.05) is 32.2 Å². The Kier molecular flexibility index (Phi) is 8.84. The lowest BCUT2D eigenvalue weighted by Gasteiger charge is -2.31. The van der Waals surface area contributed by atoms with Gasteiger partial charge in [-0.15, -0.1) is 0 Å². The number of hydrogen-bond donors (Lipinski definition) is 0. The minimum Gasteiger partial charge on any atom is -0.459 e. The summed E-state index contributed by atoms with van der Waals surface area (Å²) < 4.78 is 40.3. The number of rotatable bonds is 10. The van der Waals surface area contributed by atoms with Crippen LogP contribution >= 0.6 is 0 Å². The van der Waals surface area contributed by atoms with Crippen LogP contribution in [0.2, 0.25) is 0 Å². The van der Waals surface area contributed by atoms with Crippen molar-refractivity contribution in [1.82, 2.24) is 19.4 Å². The first kappa shape index (κ1) is 27.6. The summed E-state index contributed by atoms with van der Waals surface area (Å²) in [6, 6.07) is 11.0. The molecule has 2 fully saturated rings. The normalized spacial score (nSPS) is 17.4. The first-order valence-corrected chi connectivity index (χ1v) is 15.5. The first-order valence-electron chi connectivity index (χ1n) is 13.9. The van der Waals surface area contributed by atoms with Gasteiger partial charge in [-0.3, -0.25) is 9.69 Å². The third-order valence-corrected chi connectivity index (χ3v) is 9.23. The predicted octanol–water partition coefficient (Wildman–Crippen LogP) is 4.24. The molecular formula is C29H38N4O5S. The lowest BCUT2D eigenvalue weighted by molar-refractivity contribution is 0.0314. The molecule has 10 heteroatoms. The summed E-state index contributed by atoms with van der Waals surface area (Å²) in [5.41, 5.74) is 2.51. The predicted molar refractivity (Wildman–Crippen MR) is 147 cm³/mol. The van der Waals surface area contributed by atoms with Gasteiger partial charge < -0.3 is 18.6 Å². The molecule has 1 aromatic carbocycles. The molecule has 0 radical (unpaired) electrons. The molecule has 1 saturated heterocycles. The Morgan fingerprint density at radius 2 is 1.90 bits per heavy atom. The van der Waals surface area contributed by atoms with E-state index in [4.69, 9.17) is 9.15 Å². The van der Waals surface area contributed by atoms with Crippen LogP contribution in [0.5, 0.6) is 0 Å². The number of nitrogens with zero attached hydrogens (tertiary/aromatic N) is 4. The van der Waals surface area contributed by atoms with E-state index in [1.807, 2.05) is 35.8 Å². The summed E-state index contributed by atoms with van der Waals surface area (Å²) in [5.74, 6) is -0.0500. The fourth-order valence-corrected chi connectivity index (χ4v) is 7.16. The highest BCUT2D eigenvalue weighted by atomic mass is 32.2. The molecule has 1 saturated carbocycles. The van der Waals surface area contributed by atoms with Crippen molar-refractivity contribution < 1.29 is 22.4 Å². The highest BCUT2D eigenvalue weighted by molar-refractivity contribution is 7.90. The zero-order valence-electron chi connectivity index (χ0n) is 22.6. The fraction of sp³-hybridized carbons (Fsp3) is 0.517. The molecule has 210 valence electrons. The van der Waals surface area contributed by atoms with E-state index in [1.165, 1.54) is 6.26 Å². The Bertz CT molecular complexity index is 1340. The summed E-state index contributed by atoms with van der Waals surface area (Å²) in [5, 5.41) is 0.101. The van der Waals surface area contributed by atoms with Crippen LogP contribution in [0, 0.1) is 6.92 Å². The monoisotopic (exact) mass is 554 g/mol. The third-order valence-electron chi connectivity index (χ3n) is 7.66. The topological polar surface area (TPSA) is 97.9 Å². The van der Waals surface area contributed by atoms with Crippen molar-refractivity contribution in [1.29, 1.82) is 0 Å². The molecule has 2 aliphatic rings. The van der Waals surface area contributed by atoms with Gasteiger partial charge in [0.15, 0.2) is 5.76 Å². The smallest absolute Gasteiger partial charge is 0.289 e. The number of furan rings is 1. The Labute approximate surface area is 230 Å². The van der Waals surface area contributed by atoms with E-state index in [0.717, 1.165) is 62.0 Å². The van der Waals surface area contributed by atoms with Gasteiger partial charge in [-0.05, 0) is 37.5 Å². The number of hydrogen-bond acceptors (Lipinski definition) is 7. The maximum absolute atomic E-state index is 13.7. The third kappa shape index (κ3) is 6.80. The van der Waals surface area contributed by atoms with Crippen LogP contribution in [-0.4, -0.2) is 73.1 Å². The lowest BCUT2D eigenvalue weighted by Crippen LogP contribution is -2.43. The molecule has 1 aliphatic carbocycles. The Balaban J connectivity index is 1.45. The summed E-state index contributed by atoms with van der Waals surface area (Å²) in [7, 11) is -3.71. The van der Waals surface area contributed by atoms with Gasteiger partial charge in [0.1, 0.15) is 0 Å². The molecule has 0 atom stereocenters. The molecular weight excluding hydrogens is 516 g/mol. The van der Waals surface area contributed by atoms with E-state index in [9.17, 15) is 13.2 Å². The number of aromatic nitrogens is 2. The number of ether oxygens (including phenoxy) is 1. The van der Waals surface area contributed by atoms with Crippen molar-refractivity contribution in [2.24, 2.45) is 0 Å². The number of sulfone groups is 1. The molecule has 1 amide bonds. The van der Waals surface area contributed by atoms with Gasteiger partial charge in [-0.2, -0.15) is 0 Å². The molecule has 0 N–H and O–H groups in total. The van der Waals surface area contributed by atoms with E-state index < -0.39 is 9.84 Å². The number of amides is 1. The van der Waals surface area contributed by atoms with Crippen LogP contribution in [0.15, 0.2) is 58.4 Å². The van der Waals surface area contributed by atoms with Crippen molar-refractivity contribution in [2.45, 2.75) is 62.5 Å². The van der Waals surface area contributed by atoms with E-state index in [2.05, 4.69) is 9.88 Å². The molecule has 0 spiro atoms. The van der Waals surface area contributed by atoms with E-state index >= 15 is 0 Å². The second-order valence-electron chi connectivity index (χ2n) is 10.6. The SMILES string of the molecule is Cc1cccc(CS(=O)(=O)c2ncc(CN(CCN3CCOCC3)C(=O)c3ccco3)n2C2CCCCC2)c1. The summed E-state index contributed by atoms with van der Waals surface area (Å²) in [4.78, 5) is 22.0. The molecule has 5 rings (SSSR count). The second-order valence-corrected chi connectivity index (χ2v) is 12.5. The first-order chi connectivity index (χ1) is 18.9. The number of aryl methyl sites for hydroxylation is 1. The Morgan fingerprint density at radius 1 is 1.10 bits per heavy atom. The molecule has 3 heterocycles. The summed E-state index contributed by atoms with van der Waals surface area (Å²) >= 11 is 0. The second kappa shape index (κ2) is 12.5. The van der Waals surface area contributed by atoms with Crippen LogP contribution in [0.25, 0.3) is 0 Å². The lowest BCUT2D eigenvalue weighted by atomic mass is 9.95. The number of imidazole rings is 1. The zero-order valence-corrected chi connectivity index (χ0v) is 23.4. The van der Waals surface area contributed by atoms with Crippen molar-refractivity contribution in [3.8, 4) is 0 Å². The molecule has 39 heavy (non-hydrogen) atoms. The minimum atomic E-state index is -3.71. The number of morpholine rings is 1. The van der Waals surface area contributed by atoms with E-state index in [0.29, 0.717) is 26.3 Å². The quantitative estimate of drug-likeness (QED) is 0.370. The van der Waals surface area contributed by atoms with Gasteiger partial charge in [0.25, 0.3) is 5.91 Å². The van der Waals surface area contributed by atoms with Crippen LogP contribution in [-0.2, 0) is 26.9 Å². The molecule has 3 aromatic rings. The Hall–Kier alpha value is -2.95. The minimum absolute atomic E-state index is 0.0401. The zero-order chi connectivity index (χ0) is 27.2. The van der Waals surface area contributed by atoms with Gasteiger partial charge in [-0.1, -0.05) is 49.1 Å². The van der Waals surface area contributed by atoms with Gasteiger partial charge in [-0.25, -0.2) is 13.4 Å². The Morgan fingerprint density at radius 3 is 2.62 bits per heavy atom. The molecule has 0 bridgehead atoms. The van der Waals surface area contributed by atoms with Crippen LogP contribution in [0.3, 0.4) is 0 Å². The average molecular weight is 555 g/mol. The summed E-state index contributed by atoms with van der Waals surface area (Å²) in [6.07, 6.45) is 8.18. The van der Waals surface area contributed by atoms with Crippen LogP contribution < -0.4 is 0 Å². The van der Waals surface area contributed by atoms with E-state index in [-0.39, 0.29) is 35.2 Å². The van der Waals surface area contributed by atoms with Crippen LogP contribution in [0.4, 0.5) is 0 Å². The molecule has 1 aliphatic heterocycles. The largest absolute Gasteiger partial charge is 0.459 e. The standard InChI is InChI=1S/C29H38N4O5S/c1-23-7-5-8-24(19-23)22-39(35,36)29-30-20-26(33(29)25-9-3-2-4-10-25)21-32(28(34)27-11-6-16-38-27)13-12-31-14-17-37-18-15-31/h5-8,11,16,19-20,25H,2-4,9-10,12-15,17-18,21-22H2,1H3. The molecule has 0 unspecified atom stereocenters. The number of carbonyl (C=O) groups is 1. The van der Waals surface area contributed by atoms with Crippen molar-refractivity contribution >= 4 is 15.7 Å². The maximum Gasteiger partial charge on any atom is 0.289 e. The van der Waals surface area contributed by atoms with Gasteiger partial charge in [0.05, 0.1) is 43.7 Å². The highest BCUT2D eigenvalue weighted by Gasteiger charge is 2.31. The highest BCUT2D eigenvalue weighted by Crippen LogP contribution is 2.33. The van der Waals surface area contributed by atoms with Crippen LogP contribution in [0.1, 0.15) is 65.5 Å². The maximum atomic E-state index is 13.7.